The second-order valence-corrected chi connectivity index (χ2v) is 16.5. The van der Waals surface area contributed by atoms with Gasteiger partial charge in [0.2, 0.25) is 0 Å². The van der Waals surface area contributed by atoms with Gasteiger partial charge < -0.3 is 5.11 Å². The number of hydrogen-bond donors (Lipinski definition) is 1. The molecular formula is C43H49IrN2O2S2-. The van der Waals surface area contributed by atoms with Crippen molar-refractivity contribution in [3.63, 3.8) is 0 Å². The van der Waals surface area contributed by atoms with Crippen LogP contribution in [0.5, 0.6) is 0 Å². The zero-order chi connectivity index (χ0) is 35.6. The molecule has 0 saturated carbocycles. The normalized spacial score (nSPS) is 12.5. The van der Waals surface area contributed by atoms with Gasteiger partial charge in [0.1, 0.15) is 16.9 Å². The molecule has 0 unspecified atom stereocenters. The fourth-order valence-electron chi connectivity index (χ4n) is 5.99. The van der Waals surface area contributed by atoms with Crippen LogP contribution in [0.1, 0.15) is 93.6 Å². The summed E-state index contributed by atoms with van der Waals surface area (Å²) in [7, 11) is 0. The Morgan fingerprint density at radius 2 is 1.52 bits per heavy atom. The first-order valence-electron chi connectivity index (χ1n) is 17.4. The molecule has 0 aliphatic carbocycles. The number of carbonyl (C=O) groups is 1. The average molecular weight is 882 g/mol. The van der Waals surface area contributed by atoms with Gasteiger partial charge in [-0.3, -0.25) is 9.78 Å². The van der Waals surface area contributed by atoms with E-state index in [9.17, 15) is 9.90 Å². The molecule has 3 aromatic carbocycles. The summed E-state index contributed by atoms with van der Waals surface area (Å²) in [4.78, 5) is 23.7. The van der Waals surface area contributed by atoms with Gasteiger partial charge in [0, 0.05) is 57.7 Å². The summed E-state index contributed by atoms with van der Waals surface area (Å²) < 4.78 is 1.32. The molecule has 3 heterocycles. The molecule has 0 saturated heterocycles. The van der Waals surface area contributed by atoms with Crippen LogP contribution in [0.4, 0.5) is 0 Å². The van der Waals surface area contributed by atoms with Crippen molar-refractivity contribution in [1.29, 1.82) is 0 Å². The number of nitrogens with zero attached hydrogens (tertiary/aromatic N) is 2. The third-order valence-corrected chi connectivity index (χ3v) is 12.5. The number of aliphatic hydroxyl groups excluding tert-OH is 1. The minimum atomic E-state index is -0.337. The predicted molar refractivity (Wildman–Crippen MR) is 212 cm³/mol. The van der Waals surface area contributed by atoms with Crippen molar-refractivity contribution in [1.82, 2.24) is 9.97 Å². The number of ketones is 1. The van der Waals surface area contributed by atoms with E-state index in [2.05, 4.69) is 97.9 Å². The SMILES string of the molecule is CC(C)(C)c1cc(-c2ncnc3sc(-c4ccc5sccc5c4)cc23)[c-]c2ccccc12.CCC(C)(CC)C(=O)/C=C(\O)C(C)(CC)CC.[Ir]. The third-order valence-electron chi connectivity index (χ3n) is 10.5. The van der Waals surface area contributed by atoms with Crippen molar-refractivity contribution < 1.29 is 30.0 Å². The number of hydrogen-bond acceptors (Lipinski definition) is 6. The zero-order valence-corrected chi connectivity index (χ0v) is 34.8. The van der Waals surface area contributed by atoms with Crippen LogP contribution < -0.4 is 0 Å². The third kappa shape index (κ3) is 8.12. The summed E-state index contributed by atoms with van der Waals surface area (Å²) in [5.41, 5.74) is 3.93. The first-order valence-corrected chi connectivity index (χ1v) is 19.1. The van der Waals surface area contributed by atoms with Gasteiger partial charge in [0.25, 0.3) is 0 Å². The van der Waals surface area contributed by atoms with Crippen molar-refractivity contribution in [3.05, 3.63) is 95.8 Å². The van der Waals surface area contributed by atoms with Crippen LogP contribution in [-0.2, 0) is 30.3 Å². The maximum absolute atomic E-state index is 12.2. The maximum atomic E-state index is 12.2. The van der Waals surface area contributed by atoms with Crippen LogP contribution in [-0.4, -0.2) is 20.9 Å². The van der Waals surface area contributed by atoms with Crippen molar-refractivity contribution in [2.24, 2.45) is 10.8 Å². The molecule has 6 rings (SSSR count). The monoisotopic (exact) mass is 882 g/mol. The molecule has 4 nitrogen and oxygen atoms in total. The largest absolute Gasteiger partial charge is 0.512 e. The molecule has 0 aliphatic rings. The first-order chi connectivity index (χ1) is 23.3. The molecule has 1 radical (unpaired) electrons. The van der Waals surface area contributed by atoms with Crippen molar-refractivity contribution in [3.8, 4) is 21.7 Å². The molecule has 0 spiro atoms. The van der Waals surface area contributed by atoms with E-state index in [1.54, 1.807) is 29.0 Å². The average Bonchev–Trinajstić information content (AvgIpc) is 3.77. The fourth-order valence-corrected chi connectivity index (χ4v) is 7.76. The van der Waals surface area contributed by atoms with E-state index < -0.39 is 0 Å². The quantitative estimate of drug-likeness (QED) is 0.0893. The Hall–Kier alpha value is -3.22. The van der Waals surface area contributed by atoms with Gasteiger partial charge in [-0.2, -0.15) is 0 Å². The molecule has 50 heavy (non-hydrogen) atoms. The Morgan fingerprint density at radius 1 is 0.840 bits per heavy atom. The number of thiophene rings is 2. The standard InChI is InChI=1S/C28H21N2S2.C15H28O2.Ir/c1-28(2,3)23-14-20(12-17-6-4-5-7-21(17)23)26-22-15-25(32-27(22)30-16-29-26)18-8-9-24-19(13-18)10-11-31-24;1-7-14(5,8-2)12(16)11-13(17)15(6,9-3)10-4;/h4-11,13-16H,1-3H3;11,16H,7-10H2,1-6H3;/q-1;;/b;12-11-;. The minimum absolute atomic E-state index is 0. The van der Waals surface area contributed by atoms with E-state index in [0.29, 0.717) is 0 Å². The Bertz CT molecular complexity index is 2130. The number of allylic oxidation sites excluding steroid dienone is 2. The smallest absolute Gasteiger partial charge is 0.164 e. The number of fused-ring (bicyclic) bond motifs is 3. The number of rotatable bonds is 9. The fraction of sp³-hybridized carbons (Fsp3) is 0.372. The van der Waals surface area contributed by atoms with Crippen molar-refractivity contribution >= 4 is 59.5 Å². The second-order valence-electron chi connectivity index (χ2n) is 14.5. The van der Waals surface area contributed by atoms with Gasteiger partial charge in [-0.05, 0) is 71.7 Å². The van der Waals surface area contributed by atoms with Crippen LogP contribution >= 0.6 is 22.7 Å². The van der Waals surface area contributed by atoms with Gasteiger partial charge in [-0.15, -0.1) is 51.8 Å². The number of carbonyl (C=O) groups excluding carboxylic acids is 1. The molecule has 0 amide bonds. The molecule has 0 aliphatic heterocycles. The number of benzene rings is 3. The van der Waals surface area contributed by atoms with Crippen LogP contribution in [0.3, 0.4) is 0 Å². The Balaban J connectivity index is 0.000000269. The van der Waals surface area contributed by atoms with Crippen LogP contribution in [0, 0.1) is 16.9 Å². The van der Waals surface area contributed by atoms with Crippen LogP contribution in [0.15, 0.2) is 84.2 Å². The molecular weight excluding hydrogens is 833 g/mol. The van der Waals surface area contributed by atoms with Gasteiger partial charge >= 0.3 is 0 Å². The summed E-state index contributed by atoms with van der Waals surface area (Å²) in [6.07, 6.45) is 6.43. The number of aliphatic hydroxyl groups is 1. The molecule has 0 atom stereocenters. The van der Waals surface area contributed by atoms with E-state index in [1.165, 1.54) is 37.6 Å². The maximum Gasteiger partial charge on any atom is 0.164 e. The van der Waals surface area contributed by atoms with E-state index in [4.69, 9.17) is 4.98 Å². The summed E-state index contributed by atoms with van der Waals surface area (Å²) >= 11 is 3.50. The molecule has 265 valence electrons. The Morgan fingerprint density at radius 3 is 2.18 bits per heavy atom. The summed E-state index contributed by atoms with van der Waals surface area (Å²) in [6, 6.07) is 25.5. The van der Waals surface area contributed by atoms with E-state index in [0.717, 1.165) is 52.5 Å². The van der Waals surface area contributed by atoms with Gasteiger partial charge in [-0.25, -0.2) is 4.98 Å². The van der Waals surface area contributed by atoms with Gasteiger partial charge in [0.05, 0.1) is 0 Å². The molecule has 1 N–H and O–H groups in total. The molecule has 6 aromatic rings. The second kappa shape index (κ2) is 16.0. The molecule has 7 heteroatoms. The Labute approximate surface area is 319 Å². The van der Waals surface area contributed by atoms with Crippen LogP contribution in [0.2, 0.25) is 0 Å². The Kier molecular flexibility index (Phi) is 12.6. The molecule has 3 aromatic heterocycles. The molecule has 0 fully saturated rings. The van der Waals surface area contributed by atoms with Gasteiger partial charge in [0.15, 0.2) is 5.78 Å². The molecule has 0 bridgehead atoms. The topological polar surface area (TPSA) is 63.1 Å². The summed E-state index contributed by atoms with van der Waals surface area (Å²) in [5, 5.41) is 17.0. The van der Waals surface area contributed by atoms with E-state index in [1.807, 2.05) is 41.5 Å². The van der Waals surface area contributed by atoms with E-state index >= 15 is 0 Å². The predicted octanol–water partition coefficient (Wildman–Crippen LogP) is 13.1. The number of aromatic nitrogens is 2. The minimum Gasteiger partial charge on any atom is -0.512 e. The van der Waals surface area contributed by atoms with Crippen molar-refractivity contribution in [2.75, 3.05) is 0 Å². The first kappa shape index (κ1) is 39.6. The van der Waals surface area contributed by atoms with E-state index in [-0.39, 0.29) is 47.9 Å². The van der Waals surface area contributed by atoms with Gasteiger partial charge in [-0.1, -0.05) is 97.5 Å². The summed E-state index contributed by atoms with van der Waals surface area (Å²) in [5.74, 6) is 0.286. The van der Waals surface area contributed by atoms with Crippen LogP contribution in [0.25, 0.3) is 52.8 Å². The van der Waals surface area contributed by atoms with Crippen molar-refractivity contribution in [2.45, 2.75) is 93.4 Å². The zero-order valence-electron chi connectivity index (χ0n) is 30.7. The summed E-state index contributed by atoms with van der Waals surface area (Å²) in [6.45, 7) is 18.9.